The van der Waals surface area contributed by atoms with Crippen molar-refractivity contribution in [3.8, 4) is 0 Å². The molecule has 0 radical (unpaired) electrons. The Hall–Kier alpha value is -1.38. The summed E-state index contributed by atoms with van der Waals surface area (Å²) in [4.78, 5) is 2.59. The van der Waals surface area contributed by atoms with E-state index in [1.165, 1.54) is 31.7 Å². The molecule has 0 atom stereocenters. The van der Waals surface area contributed by atoms with Crippen LogP contribution in [0.1, 0.15) is 6.92 Å². The zero-order valence-corrected chi connectivity index (χ0v) is 13.3. The fraction of sp³-hybridized carbons (Fsp3) is 0.333. The van der Waals surface area contributed by atoms with Crippen LogP contribution in [0.15, 0.2) is 60.7 Å². The summed E-state index contributed by atoms with van der Waals surface area (Å²) in [5.41, 5.74) is 0. The van der Waals surface area contributed by atoms with Crippen LogP contribution in [0.4, 0.5) is 0 Å². The van der Waals surface area contributed by atoms with E-state index in [-0.39, 0.29) is 0 Å². The van der Waals surface area contributed by atoms with E-state index in [4.69, 9.17) is 0 Å². The Kier molecular flexibility index (Phi) is 4.04. The summed E-state index contributed by atoms with van der Waals surface area (Å²) >= 11 is 0. The minimum absolute atomic E-state index is 1.19. The molecule has 0 spiro atoms. The Morgan fingerprint density at radius 3 is 1.65 bits per heavy atom. The highest BCUT2D eigenvalue weighted by Gasteiger charge is 2.39. The topological polar surface area (TPSA) is 3.24 Å². The zero-order valence-electron chi connectivity index (χ0n) is 12.3. The molecule has 0 aromatic heterocycles. The van der Waals surface area contributed by atoms with Crippen LogP contribution < -0.4 is 10.4 Å². The molecule has 20 heavy (non-hydrogen) atoms. The van der Waals surface area contributed by atoms with E-state index < -0.39 is 8.07 Å². The van der Waals surface area contributed by atoms with Gasteiger partial charge in [-0.25, -0.2) is 0 Å². The first-order valence-corrected chi connectivity index (χ1v) is 10.1. The number of hydrogen-bond acceptors (Lipinski definition) is 1. The van der Waals surface area contributed by atoms with Crippen LogP contribution in [0.25, 0.3) is 0 Å². The van der Waals surface area contributed by atoms with Gasteiger partial charge in [-0.2, -0.15) is 0 Å². The summed E-state index contributed by atoms with van der Waals surface area (Å²) < 4.78 is 0. The molecule has 0 aliphatic carbocycles. The van der Waals surface area contributed by atoms with Crippen molar-refractivity contribution in [3.63, 3.8) is 0 Å². The highest BCUT2D eigenvalue weighted by atomic mass is 28.3. The summed E-state index contributed by atoms with van der Waals surface area (Å²) in [5.74, 6) is 0. The third-order valence-electron chi connectivity index (χ3n) is 4.81. The lowest BCUT2D eigenvalue weighted by Gasteiger charge is -2.41. The monoisotopic (exact) mass is 281 g/mol. The van der Waals surface area contributed by atoms with Crippen molar-refractivity contribution in [1.29, 1.82) is 0 Å². The molecule has 0 N–H and O–H groups in total. The largest absolute Gasteiger partial charge is 0.304 e. The van der Waals surface area contributed by atoms with Crippen molar-refractivity contribution in [1.82, 2.24) is 4.90 Å². The van der Waals surface area contributed by atoms with Gasteiger partial charge in [0.1, 0.15) is 8.07 Å². The fourth-order valence-electron chi connectivity index (χ4n) is 3.51. The van der Waals surface area contributed by atoms with Gasteiger partial charge >= 0.3 is 0 Å². The van der Waals surface area contributed by atoms with E-state index in [0.717, 1.165) is 0 Å². The quantitative estimate of drug-likeness (QED) is 0.782. The summed E-state index contributed by atoms with van der Waals surface area (Å²) in [7, 11) is -1.53. The molecule has 1 aliphatic heterocycles. The summed E-state index contributed by atoms with van der Waals surface area (Å²) in [6.45, 7) is 5.98. The lowest BCUT2D eigenvalue weighted by molar-refractivity contribution is 0.307. The second-order valence-corrected chi connectivity index (χ2v) is 10.1. The molecule has 3 rings (SSSR count). The highest BCUT2D eigenvalue weighted by molar-refractivity contribution is 7.02. The molecule has 1 saturated heterocycles. The van der Waals surface area contributed by atoms with Gasteiger partial charge in [0.15, 0.2) is 0 Å². The Morgan fingerprint density at radius 2 is 1.25 bits per heavy atom. The molecular weight excluding hydrogens is 258 g/mol. The Balaban J connectivity index is 2.01. The molecular formula is C18H23NSi. The van der Waals surface area contributed by atoms with Crippen LogP contribution in [-0.2, 0) is 0 Å². The van der Waals surface area contributed by atoms with Gasteiger partial charge < -0.3 is 4.90 Å². The standard InChI is InChI=1S/C18H23NSi/c1-2-19-13-15-20(16-14-19,17-9-5-3-6-10-17)18-11-7-4-8-12-18/h3-12H,2,13-16H2,1H3. The molecule has 1 fully saturated rings. The average molecular weight is 281 g/mol. The van der Waals surface area contributed by atoms with Crippen molar-refractivity contribution < 1.29 is 0 Å². The van der Waals surface area contributed by atoms with Gasteiger partial charge in [0, 0.05) is 0 Å². The number of nitrogens with zero attached hydrogens (tertiary/aromatic N) is 1. The summed E-state index contributed by atoms with van der Waals surface area (Å²) in [6.07, 6.45) is 0. The lowest BCUT2D eigenvalue weighted by atomic mass is 10.4. The minimum Gasteiger partial charge on any atom is -0.304 e. The van der Waals surface area contributed by atoms with Crippen LogP contribution in [0.3, 0.4) is 0 Å². The Bertz CT molecular complexity index is 488. The van der Waals surface area contributed by atoms with E-state index in [9.17, 15) is 0 Å². The third kappa shape index (κ3) is 2.46. The summed E-state index contributed by atoms with van der Waals surface area (Å²) in [6, 6.07) is 25.3. The average Bonchev–Trinajstić information content (AvgIpc) is 2.56. The molecule has 1 nitrogen and oxygen atoms in total. The van der Waals surface area contributed by atoms with Crippen LogP contribution in [0.2, 0.25) is 12.1 Å². The van der Waals surface area contributed by atoms with Crippen LogP contribution >= 0.6 is 0 Å². The molecule has 2 aromatic carbocycles. The lowest BCUT2D eigenvalue weighted by Crippen LogP contribution is -2.63. The first-order chi connectivity index (χ1) is 9.85. The van der Waals surface area contributed by atoms with Gasteiger partial charge in [0.25, 0.3) is 0 Å². The van der Waals surface area contributed by atoms with Crippen LogP contribution in [0, 0.1) is 0 Å². The van der Waals surface area contributed by atoms with Gasteiger partial charge in [-0.15, -0.1) is 0 Å². The maximum atomic E-state index is 2.59. The van der Waals surface area contributed by atoms with Gasteiger partial charge in [-0.05, 0) is 31.7 Å². The minimum atomic E-state index is -1.53. The van der Waals surface area contributed by atoms with Crippen molar-refractivity contribution in [2.24, 2.45) is 0 Å². The van der Waals surface area contributed by atoms with E-state index in [2.05, 4.69) is 72.5 Å². The number of rotatable bonds is 3. The SMILES string of the molecule is CCN1CC[Si](c2ccccc2)(c2ccccc2)CC1. The zero-order chi connectivity index (χ0) is 13.8. The van der Waals surface area contributed by atoms with Crippen molar-refractivity contribution >= 4 is 18.4 Å². The second kappa shape index (κ2) is 5.94. The first kappa shape index (κ1) is 13.6. The molecule has 0 unspecified atom stereocenters. The molecule has 1 heterocycles. The molecule has 1 aliphatic rings. The van der Waals surface area contributed by atoms with Crippen LogP contribution in [0.5, 0.6) is 0 Å². The molecule has 0 bridgehead atoms. The van der Waals surface area contributed by atoms with Gasteiger partial charge in [0.2, 0.25) is 0 Å². The van der Waals surface area contributed by atoms with Gasteiger partial charge in [-0.1, -0.05) is 78.0 Å². The molecule has 0 saturated carbocycles. The van der Waals surface area contributed by atoms with E-state index in [1.54, 1.807) is 10.4 Å². The van der Waals surface area contributed by atoms with Gasteiger partial charge in [-0.3, -0.25) is 0 Å². The van der Waals surface area contributed by atoms with E-state index in [0.29, 0.717) is 0 Å². The number of hydrogen-bond donors (Lipinski definition) is 0. The van der Waals surface area contributed by atoms with Crippen molar-refractivity contribution in [2.45, 2.75) is 19.0 Å². The molecule has 2 heteroatoms. The van der Waals surface area contributed by atoms with E-state index >= 15 is 0 Å². The Labute approximate surface area is 123 Å². The number of benzene rings is 2. The third-order valence-corrected chi connectivity index (χ3v) is 9.84. The fourth-order valence-corrected chi connectivity index (χ4v) is 8.30. The maximum absolute atomic E-state index is 2.59. The van der Waals surface area contributed by atoms with Crippen molar-refractivity contribution in [2.75, 3.05) is 19.6 Å². The van der Waals surface area contributed by atoms with Gasteiger partial charge in [0.05, 0.1) is 0 Å². The van der Waals surface area contributed by atoms with Crippen LogP contribution in [-0.4, -0.2) is 32.6 Å². The molecule has 2 aromatic rings. The molecule has 104 valence electrons. The summed E-state index contributed by atoms with van der Waals surface area (Å²) in [5, 5.41) is 3.23. The second-order valence-electron chi connectivity index (χ2n) is 5.75. The van der Waals surface area contributed by atoms with Crippen molar-refractivity contribution in [3.05, 3.63) is 60.7 Å². The highest BCUT2D eigenvalue weighted by Crippen LogP contribution is 2.22. The van der Waals surface area contributed by atoms with E-state index in [1.807, 2.05) is 0 Å². The predicted octanol–water partition coefficient (Wildman–Crippen LogP) is 2.59. The Morgan fingerprint density at radius 1 is 0.800 bits per heavy atom. The normalized spacial score (nSPS) is 18.9. The maximum Gasteiger partial charge on any atom is 0.120 e. The predicted molar refractivity (Wildman–Crippen MR) is 89.6 cm³/mol. The smallest absolute Gasteiger partial charge is 0.120 e. The first-order valence-electron chi connectivity index (χ1n) is 7.68. The molecule has 0 amide bonds.